The molecule has 0 bridgehead atoms. The molecule has 0 fully saturated rings. The number of carboxylic acids is 1. The molecule has 2 aromatic carbocycles. The van der Waals surface area contributed by atoms with Crippen LogP contribution in [0.2, 0.25) is 0 Å². The van der Waals surface area contributed by atoms with Crippen LogP contribution in [0.1, 0.15) is 41.3 Å². The van der Waals surface area contributed by atoms with Gasteiger partial charge in [0.1, 0.15) is 5.82 Å². The monoisotopic (exact) mass is 437 g/mol. The molecule has 3 rings (SSSR count). The summed E-state index contributed by atoms with van der Waals surface area (Å²) in [5.41, 5.74) is 3.65. The van der Waals surface area contributed by atoms with Crippen LogP contribution in [0.5, 0.6) is 0 Å². The largest absolute Gasteiger partial charge is 2.00 e. The summed E-state index contributed by atoms with van der Waals surface area (Å²) in [5, 5.41) is 29.9. The average Bonchev–Trinajstić information content (AvgIpc) is 3.00. The maximum Gasteiger partial charge on any atom is 2.00 e. The first-order chi connectivity index (χ1) is 14.3. The molecule has 0 amide bonds. The van der Waals surface area contributed by atoms with Gasteiger partial charge in [-0.15, -0.1) is 0 Å². The van der Waals surface area contributed by atoms with E-state index in [2.05, 4.69) is 18.4 Å². The molecule has 2 unspecified atom stereocenters. The van der Waals surface area contributed by atoms with E-state index in [1.54, 1.807) is 24.3 Å². The van der Waals surface area contributed by atoms with Crippen molar-refractivity contribution in [3.8, 4) is 11.1 Å². The van der Waals surface area contributed by atoms with Crippen molar-refractivity contribution in [3.05, 3.63) is 66.1 Å². The molecule has 7 heteroatoms. The van der Waals surface area contributed by atoms with E-state index in [4.69, 9.17) is 5.11 Å². The van der Waals surface area contributed by atoms with E-state index in [9.17, 15) is 19.4 Å². The molecule has 3 aromatic rings. The Balaban J connectivity index is 0.00000341. The molecular formula is C24H28FMgNO4. The summed E-state index contributed by atoms with van der Waals surface area (Å²) < 4.78 is 15.6. The van der Waals surface area contributed by atoms with Gasteiger partial charge in [-0.1, -0.05) is 36.4 Å². The zero-order chi connectivity index (χ0) is 21.8. The van der Waals surface area contributed by atoms with E-state index in [0.29, 0.717) is 0 Å². The minimum atomic E-state index is -1.13. The fourth-order valence-corrected chi connectivity index (χ4v) is 3.77. The molecule has 0 saturated carbocycles. The first-order valence-electron chi connectivity index (χ1n) is 9.93. The third-order valence-corrected chi connectivity index (χ3v) is 5.00. The van der Waals surface area contributed by atoms with Gasteiger partial charge in [-0.2, -0.15) is 0 Å². The Hall–Kier alpha value is -2.19. The predicted octanol–water partition coefficient (Wildman–Crippen LogP) is 4.47. The van der Waals surface area contributed by atoms with Gasteiger partial charge in [0.15, 0.2) is 0 Å². The molecule has 0 radical (unpaired) electrons. The molecule has 0 aliphatic heterocycles. The minimum Gasteiger partial charge on any atom is -1.00 e. The zero-order valence-corrected chi connectivity index (χ0v) is 19.1. The molecule has 162 valence electrons. The minimum absolute atomic E-state index is 0. The molecule has 2 atom stereocenters. The summed E-state index contributed by atoms with van der Waals surface area (Å²) in [6, 6.07) is 14.4. The third kappa shape index (κ3) is 5.95. The van der Waals surface area contributed by atoms with Gasteiger partial charge in [0.25, 0.3) is 0 Å². The summed E-state index contributed by atoms with van der Waals surface area (Å²) >= 11 is 0. The SMILES string of the molecule is CC(C)n1c(/C=C/C(O)CC(O)CC(=O)O)c(-c2ccc(F)cc2)c2ccccc21.[H-].[H-].[Mg+2]. The summed E-state index contributed by atoms with van der Waals surface area (Å²) in [4.78, 5) is 10.7. The summed E-state index contributed by atoms with van der Waals surface area (Å²) in [6.45, 7) is 4.12. The second kappa shape index (κ2) is 10.9. The van der Waals surface area contributed by atoms with E-state index < -0.39 is 24.6 Å². The van der Waals surface area contributed by atoms with E-state index >= 15 is 0 Å². The molecule has 0 saturated heterocycles. The van der Waals surface area contributed by atoms with E-state index in [1.807, 2.05) is 24.3 Å². The maximum absolute atomic E-state index is 13.5. The Morgan fingerprint density at radius 3 is 2.39 bits per heavy atom. The van der Waals surface area contributed by atoms with Gasteiger partial charge in [-0.25, -0.2) is 4.39 Å². The van der Waals surface area contributed by atoms with Crippen molar-refractivity contribution in [1.29, 1.82) is 0 Å². The summed E-state index contributed by atoms with van der Waals surface area (Å²) in [6.07, 6.45) is 0.727. The number of rotatable bonds is 8. The molecule has 3 N–H and O–H groups in total. The van der Waals surface area contributed by atoms with Crippen molar-refractivity contribution in [3.63, 3.8) is 0 Å². The topological polar surface area (TPSA) is 82.7 Å². The second-order valence-electron chi connectivity index (χ2n) is 7.66. The first kappa shape index (κ1) is 25.1. The van der Waals surface area contributed by atoms with Gasteiger partial charge in [0.2, 0.25) is 0 Å². The van der Waals surface area contributed by atoms with E-state index in [0.717, 1.165) is 27.7 Å². The van der Waals surface area contributed by atoms with Crippen LogP contribution in [-0.2, 0) is 4.79 Å². The van der Waals surface area contributed by atoms with Crippen molar-refractivity contribution >= 4 is 46.0 Å². The molecule has 1 heterocycles. The van der Waals surface area contributed by atoms with Gasteiger partial charge in [0, 0.05) is 34.6 Å². The number of halogens is 1. The molecule has 31 heavy (non-hydrogen) atoms. The number of para-hydroxylation sites is 1. The van der Waals surface area contributed by atoms with Gasteiger partial charge >= 0.3 is 29.0 Å². The van der Waals surface area contributed by atoms with Crippen LogP contribution in [0.15, 0.2) is 54.6 Å². The van der Waals surface area contributed by atoms with E-state index in [-0.39, 0.29) is 44.2 Å². The van der Waals surface area contributed by atoms with Crippen molar-refractivity contribution in [2.45, 2.75) is 44.9 Å². The number of hydrogen-bond donors (Lipinski definition) is 3. The Labute approximate surface area is 199 Å². The second-order valence-corrected chi connectivity index (χ2v) is 7.66. The van der Waals surface area contributed by atoms with E-state index in [1.165, 1.54) is 12.1 Å². The van der Waals surface area contributed by atoms with Gasteiger partial charge in [-0.3, -0.25) is 4.79 Å². The van der Waals surface area contributed by atoms with Crippen molar-refractivity contribution in [1.82, 2.24) is 4.57 Å². The number of carboxylic acid groups (broad SMARTS) is 1. The first-order valence-corrected chi connectivity index (χ1v) is 9.93. The molecule has 5 nitrogen and oxygen atoms in total. The van der Waals surface area contributed by atoms with Gasteiger partial charge in [-0.05, 0) is 43.7 Å². The maximum atomic E-state index is 13.5. The zero-order valence-electron chi connectivity index (χ0n) is 19.7. The van der Waals surface area contributed by atoms with Gasteiger partial charge < -0.3 is 22.7 Å². The number of benzene rings is 2. The van der Waals surface area contributed by atoms with Crippen LogP contribution >= 0.6 is 0 Å². The fraction of sp³-hybridized carbons (Fsp3) is 0.292. The molecule has 0 aliphatic carbocycles. The van der Waals surface area contributed by atoms with Crippen molar-refractivity contribution in [2.24, 2.45) is 0 Å². The number of aliphatic hydroxyl groups excluding tert-OH is 2. The quantitative estimate of drug-likeness (QED) is 0.454. The molecule has 0 spiro atoms. The number of aromatic nitrogens is 1. The Morgan fingerprint density at radius 2 is 1.77 bits per heavy atom. The van der Waals surface area contributed by atoms with Crippen LogP contribution in [0.25, 0.3) is 28.1 Å². The average molecular weight is 438 g/mol. The number of aliphatic carboxylic acids is 1. The van der Waals surface area contributed by atoms with Crippen molar-refractivity contribution < 1.29 is 27.4 Å². The summed E-state index contributed by atoms with van der Waals surface area (Å²) in [5.74, 6) is -1.43. The molecule has 0 aliphatic rings. The summed E-state index contributed by atoms with van der Waals surface area (Å²) in [7, 11) is 0. The molecular weight excluding hydrogens is 410 g/mol. The van der Waals surface area contributed by atoms with Crippen LogP contribution in [0.4, 0.5) is 4.39 Å². The Bertz CT molecular complexity index is 1070. The van der Waals surface area contributed by atoms with Crippen LogP contribution < -0.4 is 0 Å². The number of nitrogens with zero attached hydrogens (tertiary/aromatic N) is 1. The number of carbonyl (C=O) groups is 1. The number of hydrogen-bond acceptors (Lipinski definition) is 3. The van der Waals surface area contributed by atoms with Crippen molar-refractivity contribution in [2.75, 3.05) is 0 Å². The Kier molecular flexibility index (Phi) is 8.82. The Morgan fingerprint density at radius 1 is 1.13 bits per heavy atom. The number of aliphatic hydroxyl groups is 2. The third-order valence-electron chi connectivity index (χ3n) is 5.00. The fourth-order valence-electron chi connectivity index (χ4n) is 3.77. The standard InChI is InChI=1S/C24H26FNO4.Mg.2H/c1-15(2)26-21-6-4-3-5-20(21)24(16-7-9-17(25)10-8-16)22(26)12-11-18(27)13-19(28)14-23(29)30;;;/h3-12,15,18-19,27-28H,13-14H2,1-2H3,(H,29,30);;;/q;+2;2*-1/b12-11+;;;. The van der Waals surface area contributed by atoms with Crippen LogP contribution in [0, 0.1) is 5.82 Å². The van der Waals surface area contributed by atoms with Gasteiger partial charge in [0.05, 0.1) is 18.6 Å². The number of fused-ring (bicyclic) bond motifs is 1. The van der Waals surface area contributed by atoms with Crippen LogP contribution in [-0.4, -0.2) is 61.1 Å². The molecule has 1 aromatic heterocycles. The predicted molar refractivity (Wildman–Crippen MR) is 124 cm³/mol. The smallest absolute Gasteiger partial charge is 1.00 e. The normalized spacial score (nSPS) is 13.5. The van der Waals surface area contributed by atoms with Crippen LogP contribution in [0.3, 0.4) is 0 Å².